The molecule has 3 atom stereocenters. The first-order valence-corrected chi connectivity index (χ1v) is 14.2. The van der Waals surface area contributed by atoms with Crippen molar-refractivity contribution in [2.45, 2.75) is 49.8 Å². The summed E-state index contributed by atoms with van der Waals surface area (Å²) >= 11 is 6.31. The number of aliphatic hydroxyl groups is 1. The lowest BCUT2D eigenvalue weighted by Crippen LogP contribution is -2.54. The molecule has 2 heterocycles. The molecule has 9 heteroatoms. The number of para-hydroxylation sites is 1. The maximum Gasteiger partial charge on any atom is 0.275 e. The van der Waals surface area contributed by atoms with Crippen LogP contribution in [0, 0.1) is 0 Å². The summed E-state index contributed by atoms with van der Waals surface area (Å²) in [6.45, 7) is 2.98. The number of hydrogen-bond donors (Lipinski definition) is 3. The molecule has 0 spiro atoms. The molecule has 0 radical (unpaired) electrons. The number of ether oxygens (including phenoxy) is 1. The Kier molecular flexibility index (Phi) is 8.87. The lowest BCUT2D eigenvalue weighted by Gasteiger charge is -2.41. The number of nitrogens with zero attached hydrogens (tertiary/aromatic N) is 3. The van der Waals surface area contributed by atoms with Crippen LogP contribution < -0.4 is 10.6 Å². The van der Waals surface area contributed by atoms with Crippen LogP contribution in [0.2, 0.25) is 5.02 Å². The van der Waals surface area contributed by atoms with E-state index in [1.165, 1.54) is 0 Å². The first-order valence-electron chi connectivity index (χ1n) is 13.9. The predicted molar refractivity (Wildman–Crippen MR) is 154 cm³/mol. The Bertz CT molecular complexity index is 1250. The highest BCUT2D eigenvalue weighted by Crippen LogP contribution is 2.41. The van der Waals surface area contributed by atoms with E-state index in [4.69, 9.17) is 21.3 Å². The molecule has 3 aromatic rings. The lowest BCUT2D eigenvalue weighted by molar-refractivity contribution is -0.0893. The van der Waals surface area contributed by atoms with Crippen LogP contribution in [0.3, 0.4) is 0 Å². The second kappa shape index (κ2) is 12.5. The van der Waals surface area contributed by atoms with E-state index in [0.29, 0.717) is 36.8 Å². The molecule has 3 N–H and O–H groups in total. The fourth-order valence-electron chi connectivity index (χ4n) is 6.06. The van der Waals surface area contributed by atoms with Crippen LogP contribution in [0.15, 0.2) is 60.9 Å². The Morgan fingerprint density at radius 3 is 2.79 bits per heavy atom. The van der Waals surface area contributed by atoms with Gasteiger partial charge in [-0.2, -0.15) is 0 Å². The van der Waals surface area contributed by atoms with Crippen LogP contribution in [0.1, 0.15) is 48.6 Å². The van der Waals surface area contributed by atoms with Gasteiger partial charge in [0.2, 0.25) is 0 Å². The van der Waals surface area contributed by atoms with Gasteiger partial charge >= 0.3 is 0 Å². The molecular weight excluding hydrogens is 514 g/mol. The summed E-state index contributed by atoms with van der Waals surface area (Å²) in [6.07, 6.45) is 5.91. The molecule has 1 saturated heterocycles. The SMILES string of the molecule is COC[C@]1(O)CCCC[C@H]1n1cnc(C(=O)N2CCNC[C@H]2CCNc2ccccc2Cl)c1-c1ccccc1. The molecule has 0 unspecified atom stereocenters. The lowest BCUT2D eigenvalue weighted by atomic mass is 9.80. The van der Waals surface area contributed by atoms with Gasteiger partial charge in [0.1, 0.15) is 5.60 Å². The number of imidazole rings is 1. The summed E-state index contributed by atoms with van der Waals surface area (Å²) in [5, 5.41) is 19.1. The molecule has 8 nitrogen and oxygen atoms in total. The smallest absolute Gasteiger partial charge is 0.275 e. The summed E-state index contributed by atoms with van der Waals surface area (Å²) in [5.74, 6) is -0.0806. The van der Waals surface area contributed by atoms with Crippen molar-refractivity contribution in [2.24, 2.45) is 0 Å². The van der Waals surface area contributed by atoms with Gasteiger partial charge in [-0.05, 0) is 31.4 Å². The zero-order valence-electron chi connectivity index (χ0n) is 22.5. The summed E-state index contributed by atoms with van der Waals surface area (Å²) < 4.78 is 7.47. The van der Waals surface area contributed by atoms with E-state index in [9.17, 15) is 9.90 Å². The van der Waals surface area contributed by atoms with E-state index >= 15 is 0 Å². The van der Waals surface area contributed by atoms with Crippen molar-refractivity contribution in [3.8, 4) is 11.3 Å². The molecule has 1 saturated carbocycles. The van der Waals surface area contributed by atoms with Gasteiger partial charge in [0.05, 0.1) is 35.4 Å². The second-order valence-corrected chi connectivity index (χ2v) is 11.0. The quantitative estimate of drug-likeness (QED) is 0.360. The average molecular weight is 552 g/mol. The minimum Gasteiger partial charge on any atom is -0.385 e. The van der Waals surface area contributed by atoms with E-state index in [0.717, 1.165) is 49.2 Å². The monoisotopic (exact) mass is 551 g/mol. The number of carbonyl (C=O) groups excluding carboxylic acids is 1. The number of amides is 1. The normalized spacial score (nSPS) is 23.5. The third-order valence-electron chi connectivity index (χ3n) is 8.01. The number of aromatic nitrogens is 2. The summed E-state index contributed by atoms with van der Waals surface area (Å²) in [6, 6.07) is 17.4. The summed E-state index contributed by atoms with van der Waals surface area (Å²) in [5.41, 5.74) is 1.98. The minimum absolute atomic E-state index is 0.00937. The van der Waals surface area contributed by atoms with Crippen LogP contribution in [0.5, 0.6) is 0 Å². The Labute approximate surface area is 235 Å². The Morgan fingerprint density at radius 1 is 1.21 bits per heavy atom. The van der Waals surface area contributed by atoms with Crippen LogP contribution >= 0.6 is 11.6 Å². The molecule has 1 aliphatic carbocycles. The molecule has 0 bridgehead atoms. The largest absolute Gasteiger partial charge is 0.385 e. The number of halogens is 1. The van der Waals surface area contributed by atoms with Gasteiger partial charge in [-0.3, -0.25) is 4.79 Å². The molecule has 2 fully saturated rings. The van der Waals surface area contributed by atoms with Crippen molar-refractivity contribution in [2.75, 3.05) is 45.2 Å². The van der Waals surface area contributed by atoms with E-state index in [1.807, 2.05) is 64.1 Å². The van der Waals surface area contributed by atoms with Crippen LogP contribution in [0.4, 0.5) is 5.69 Å². The fraction of sp³-hybridized carbons (Fsp3) is 0.467. The molecule has 2 aliphatic rings. The Hall–Kier alpha value is -2.91. The van der Waals surface area contributed by atoms with E-state index in [2.05, 4.69) is 10.6 Å². The predicted octanol–water partition coefficient (Wildman–Crippen LogP) is 4.61. The standard InChI is InChI=1S/C30H38ClN5O3/c1-39-20-30(38)15-8-7-13-26(30)36-21-34-27(28(36)22-9-3-2-4-10-22)29(37)35-18-17-32-19-23(35)14-16-33-25-12-6-5-11-24(25)31/h2-6,9-12,21,23,26,32-33,38H,7-8,13-20H2,1H3/t23-,26-,30-/m1/s1. The number of methoxy groups -OCH3 is 1. The average Bonchev–Trinajstić information content (AvgIpc) is 3.39. The third kappa shape index (κ3) is 5.99. The van der Waals surface area contributed by atoms with E-state index in [1.54, 1.807) is 13.4 Å². The molecule has 1 aliphatic heterocycles. The van der Waals surface area contributed by atoms with Gasteiger partial charge in [-0.1, -0.05) is 66.9 Å². The van der Waals surface area contributed by atoms with Gasteiger partial charge in [0.15, 0.2) is 5.69 Å². The third-order valence-corrected chi connectivity index (χ3v) is 8.34. The highest BCUT2D eigenvalue weighted by molar-refractivity contribution is 6.33. The van der Waals surface area contributed by atoms with E-state index < -0.39 is 5.60 Å². The zero-order chi connectivity index (χ0) is 27.2. The molecule has 5 rings (SSSR count). The van der Waals surface area contributed by atoms with Gasteiger partial charge in [0.25, 0.3) is 5.91 Å². The highest BCUT2D eigenvalue weighted by atomic mass is 35.5. The van der Waals surface area contributed by atoms with Crippen molar-refractivity contribution < 1.29 is 14.6 Å². The van der Waals surface area contributed by atoms with Gasteiger partial charge < -0.3 is 29.9 Å². The molecule has 208 valence electrons. The van der Waals surface area contributed by atoms with Gasteiger partial charge in [-0.15, -0.1) is 0 Å². The van der Waals surface area contributed by atoms with Crippen molar-refractivity contribution in [3.05, 3.63) is 71.6 Å². The zero-order valence-corrected chi connectivity index (χ0v) is 23.2. The first-order chi connectivity index (χ1) is 19.0. The number of hydrogen-bond acceptors (Lipinski definition) is 6. The van der Waals surface area contributed by atoms with Crippen LogP contribution in [-0.2, 0) is 4.74 Å². The number of anilines is 1. The molecule has 2 aromatic carbocycles. The maximum atomic E-state index is 14.2. The Morgan fingerprint density at radius 2 is 2.00 bits per heavy atom. The molecule has 1 amide bonds. The highest BCUT2D eigenvalue weighted by Gasteiger charge is 2.42. The van der Waals surface area contributed by atoms with Crippen molar-refractivity contribution in [1.82, 2.24) is 19.8 Å². The molecule has 1 aromatic heterocycles. The minimum atomic E-state index is -1.01. The number of rotatable bonds is 9. The summed E-state index contributed by atoms with van der Waals surface area (Å²) in [7, 11) is 1.62. The topological polar surface area (TPSA) is 91.6 Å². The second-order valence-electron chi connectivity index (χ2n) is 10.6. The van der Waals surface area contributed by atoms with Gasteiger partial charge in [0, 0.05) is 44.9 Å². The van der Waals surface area contributed by atoms with Crippen LogP contribution in [0.25, 0.3) is 11.3 Å². The van der Waals surface area contributed by atoms with Crippen molar-refractivity contribution in [1.29, 1.82) is 0 Å². The maximum absolute atomic E-state index is 14.2. The molecule has 39 heavy (non-hydrogen) atoms. The fourth-order valence-corrected chi connectivity index (χ4v) is 6.26. The van der Waals surface area contributed by atoms with E-state index in [-0.39, 0.29) is 24.6 Å². The number of piperazine rings is 1. The number of nitrogens with one attached hydrogen (secondary N) is 2. The molecular formula is C30H38ClN5O3. The van der Waals surface area contributed by atoms with Crippen LogP contribution in [-0.4, -0.2) is 77.0 Å². The van der Waals surface area contributed by atoms with Gasteiger partial charge in [-0.25, -0.2) is 4.98 Å². The Balaban J connectivity index is 1.43. The number of carbonyl (C=O) groups is 1. The summed E-state index contributed by atoms with van der Waals surface area (Å²) in [4.78, 5) is 20.8. The number of benzene rings is 2. The van der Waals surface area contributed by atoms with Crippen molar-refractivity contribution in [3.63, 3.8) is 0 Å². The van der Waals surface area contributed by atoms with Crippen molar-refractivity contribution >= 4 is 23.2 Å². The first kappa shape index (κ1) is 27.6.